The van der Waals surface area contributed by atoms with Gasteiger partial charge in [-0.05, 0) is 42.3 Å². The van der Waals surface area contributed by atoms with Crippen molar-refractivity contribution in [1.82, 2.24) is 0 Å². The molecule has 0 spiro atoms. The van der Waals surface area contributed by atoms with E-state index >= 15 is 0 Å². The van der Waals surface area contributed by atoms with E-state index in [4.69, 9.17) is 9.15 Å². The van der Waals surface area contributed by atoms with Crippen LogP contribution in [0.1, 0.15) is 27.8 Å². The van der Waals surface area contributed by atoms with E-state index in [9.17, 15) is 18.0 Å². The quantitative estimate of drug-likeness (QED) is 0.355. The number of hydrogen-bond donors (Lipinski definition) is 0. The van der Waals surface area contributed by atoms with E-state index < -0.39 is 17.4 Å². The molecular weight excluding hydrogens is 431 g/mol. The van der Waals surface area contributed by atoms with Gasteiger partial charge in [-0.15, -0.1) is 0 Å². The number of halogens is 3. The Labute approximate surface area is 187 Å². The SMILES string of the molecule is Cc1c(Cc2ccccc2)c(=O)oc2c3c(ccc12)OCN(c1ccccc1C(F)(F)F)C3. The van der Waals surface area contributed by atoms with Gasteiger partial charge in [-0.1, -0.05) is 42.5 Å². The van der Waals surface area contributed by atoms with Crippen LogP contribution in [0.5, 0.6) is 5.75 Å². The van der Waals surface area contributed by atoms with Crippen LogP contribution in [0.25, 0.3) is 11.0 Å². The van der Waals surface area contributed by atoms with E-state index in [0.29, 0.717) is 28.9 Å². The van der Waals surface area contributed by atoms with Crippen LogP contribution in [0.15, 0.2) is 75.9 Å². The summed E-state index contributed by atoms with van der Waals surface area (Å²) in [5.41, 5.74) is 2.08. The van der Waals surface area contributed by atoms with E-state index in [1.165, 1.54) is 17.0 Å². The Morgan fingerprint density at radius 2 is 1.70 bits per heavy atom. The van der Waals surface area contributed by atoms with Crippen molar-refractivity contribution in [3.8, 4) is 5.75 Å². The number of para-hydroxylation sites is 1. The Kier molecular flexibility index (Phi) is 5.12. The molecule has 3 aromatic carbocycles. The Hall–Kier alpha value is -3.74. The summed E-state index contributed by atoms with van der Waals surface area (Å²) in [6, 6.07) is 18.6. The maximum absolute atomic E-state index is 13.6. The molecule has 0 amide bonds. The molecule has 0 unspecified atom stereocenters. The third-order valence-electron chi connectivity index (χ3n) is 6.01. The van der Waals surface area contributed by atoms with Gasteiger partial charge in [-0.2, -0.15) is 13.2 Å². The highest BCUT2D eigenvalue weighted by Gasteiger charge is 2.36. The average molecular weight is 451 g/mol. The molecule has 33 heavy (non-hydrogen) atoms. The smallest absolute Gasteiger partial charge is 0.418 e. The molecular formula is C26H20F3NO3. The maximum Gasteiger partial charge on any atom is 0.418 e. The number of aryl methyl sites for hydroxylation is 1. The van der Waals surface area contributed by atoms with E-state index in [0.717, 1.165) is 22.6 Å². The van der Waals surface area contributed by atoms with E-state index in [1.54, 1.807) is 12.1 Å². The second-order valence-corrected chi connectivity index (χ2v) is 8.06. The van der Waals surface area contributed by atoms with Crippen molar-refractivity contribution in [1.29, 1.82) is 0 Å². The first-order valence-electron chi connectivity index (χ1n) is 10.5. The van der Waals surface area contributed by atoms with E-state index in [1.807, 2.05) is 43.3 Å². The van der Waals surface area contributed by atoms with Gasteiger partial charge >= 0.3 is 11.8 Å². The second-order valence-electron chi connectivity index (χ2n) is 8.06. The van der Waals surface area contributed by atoms with Crippen molar-refractivity contribution in [2.75, 3.05) is 11.6 Å². The van der Waals surface area contributed by atoms with Gasteiger partial charge in [0.2, 0.25) is 0 Å². The van der Waals surface area contributed by atoms with Crippen LogP contribution < -0.4 is 15.3 Å². The Morgan fingerprint density at radius 1 is 0.970 bits per heavy atom. The normalized spacial score (nSPS) is 13.6. The van der Waals surface area contributed by atoms with Gasteiger partial charge in [0.25, 0.3) is 0 Å². The lowest BCUT2D eigenvalue weighted by Crippen LogP contribution is -2.33. The summed E-state index contributed by atoms with van der Waals surface area (Å²) >= 11 is 0. The number of anilines is 1. The molecule has 0 radical (unpaired) electrons. The molecule has 4 nitrogen and oxygen atoms in total. The lowest BCUT2D eigenvalue weighted by Gasteiger charge is -2.32. The molecule has 0 aliphatic carbocycles. The topological polar surface area (TPSA) is 42.7 Å². The summed E-state index contributed by atoms with van der Waals surface area (Å²) in [6.07, 6.45) is -4.06. The molecule has 0 saturated carbocycles. The van der Waals surface area contributed by atoms with Crippen molar-refractivity contribution in [3.05, 3.63) is 105 Å². The standard InChI is InChI=1S/C26H20F3NO3/c1-16-18-11-12-23-20(24(18)33-25(31)19(16)13-17-7-3-2-4-8-17)14-30(15-32-23)22-10-6-5-9-21(22)26(27,28)29/h2-12H,13-15H2,1H3. The number of alkyl halides is 3. The zero-order valence-electron chi connectivity index (χ0n) is 17.8. The Morgan fingerprint density at radius 3 is 2.45 bits per heavy atom. The highest BCUT2D eigenvalue weighted by Crippen LogP contribution is 2.40. The lowest BCUT2D eigenvalue weighted by atomic mass is 9.97. The van der Waals surface area contributed by atoms with Crippen LogP contribution in [-0.2, 0) is 19.1 Å². The largest absolute Gasteiger partial charge is 0.473 e. The number of rotatable bonds is 3. The van der Waals surface area contributed by atoms with Gasteiger partial charge in [-0.3, -0.25) is 0 Å². The first kappa shape index (κ1) is 21.1. The zero-order valence-corrected chi connectivity index (χ0v) is 17.8. The molecule has 0 atom stereocenters. The molecule has 0 saturated heterocycles. The number of fused-ring (bicyclic) bond motifs is 3. The average Bonchev–Trinajstić information content (AvgIpc) is 2.81. The van der Waals surface area contributed by atoms with Crippen molar-refractivity contribution in [2.24, 2.45) is 0 Å². The molecule has 1 aliphatic heterocycles. The van der Waals surface area contributed by atoms with E-state index in [2.05, 4.69) is 0 Å². The summed E-state index contributed by atoms with van der Waals surface area (Å²) in [7, 11) is 0. The van der Waals surface area contributed by atoms with Crippen LogP contribution in [0.4, 0.5) is 18.9 Å². The summed E-state index contributed by atoms with van der Waals surface area (Å²) in [6.45, 7) is 1.95. The van der Waals surface area contributed by atoms with Crippen molar-refractivity contribution >= 4 is 16.7 Å². The number of nitrogens with zero attached hydrogens (tertiary/aromatic N) is 1. The van der Waals surface area contributed by atoms with Crippen LogP contribution >= 0.6 is 0 Å². The van der Waals surface area contributed by atoms with Crippen molar-refractivity contribution in [2.45, 2.75) is 26.1 Å². The summed E-state index contributed by atoms with van der Waals surface area (Å²) < 4.78 is 52.2. The summed E-state index contributed by atoms with van der Waals surface area (Å²) in [5, 5.41) is 0.744. The highest BCUT2D eigenvalue weighted by atomic mass is 19.4. The number of benzene rings is 3. The second kappa shape index (κ2) is 7.99. The number of ether oxygens (including phenoxy) is 1. The van der Waals surface area contributed by atoms with Crippen LogP contribution in [-0.4, -0.2) is 6.73 Å². The van der Waals surface area contributed by atoms with Gasteiger partial charge in [0.15, 0.2) is 6.73 Å². The fourth-order valence-electron chi connectivity index (χ4n) is 4.31. The minimum Gasteiger partial charge on any atom is -0.473 e. The summed E-state index contributed by atoms with van der Waals surface area (Å²) in [5.74, 6) is 0.501. The third-order valence-corrected chi connectivity index (χ3v) is 6.01. The molecule has 2 heterocycles. The van der Waals surface area contributed by atoms with Gasteiger partial charge in [0.1, 0.15) is 11.3 Å². The Balaban J connectivity index is 1.58. The van der Waals surface area contributed by atoms with Gasteiger partial charge in [0, 0.05) is 17.4 Å². The highest BCUT2D eigenvalue weighted by molar-refractivity contribution is 5.86. The van der Waals surface area contributed by atoms with E-state index in [-0.39, 0.29) is 19.0 Å². The van der Waals surface area contributed by atoms with Gasteiger partial charge < -0.3 is 14.1 Å². The third kappa shape index (κ3) is 3.84. The molecule has 0 fully saturated rings. The monoisotopic (exact) mass is 451 g/mol. The molecule has 7 heteroatoms. The van der Waals surface area contributed by atoms with Crippen LogP contribution in [0, 0.1) is 6.92 Å². The lowest BCUT2D eigenvalue weighted by molar-refractivity contribution is -0.137. The Bertz CT molecular complexity index is 1390. The maximum atomic E-state index is 13.6. The van der Waals surface area contributed by atoms with Gasteiger partial charge in [-0.25, -0.2) is 4.79 Å². The fourth-order valence-corrected chi connectivity index (χ4v) is 4.31. The molecule has 0 bridgehead atoms. The fraction of sp³-hybridized carbons (Fsp3) is 0.192. The first-order chi connectivity index (χ1) is 15.8. The molecule has 1 aromatic heterocycles. The molecule has 1 aliphatic rings. The van der Waals surface area contributed by atoms with Crippen molar-refractivity contribution < 1.29 is 22.3 Å². The minimum absolute atomic E-state index is 0.0208. The molecule has 168 valence electrons. The number of hydrogen-bond acceptors (Lipinski definition) is 4. The molecule has 0 N–H and O–H groups in total. The summed E-state index contributed by atoms with van der Waals surface area (Å²) in [4.78, 5) is 14.4. The van der Waals surface area contributed by atoms with Gasteiger partial charge in [0.05, 0.1) is 23.4 Å². The predicted molar refractivity (Wildman–Crippen MR) is 120 cm³/mol. The molecule has 5 rings (SSSR count). The van der Waals surface area contributed by atoms with Crippen LogP contribution in [0.2, 0.25) is 0 Å². The molecule has 4 aromatic rings. The van der Waals surface area contributed by atoms with Crippen molar-refractivity contribution in [3.63, 3.8) is 0 Å². The van der Waals surface area contributed by atoms with Crippen LogP contribution in [0.3, 0.4) is 0 Å². The minimum atomic E-state index is -4.49. The zero-order chi connectivity index (χ0) is 23.2. The first-order valence-corrected chi connectivity index (χ1v) is 10.5. The predicted octanol–water partition coefficient (Wildman–Crippen LogP) is 6.07.